The van der Waals surface area contributed by atoms with Crippen molar-refractivity contribution in [2.45, 2.75) is 31.8 Å². The molecule has 1 atom stereocenters. The largest absolute Gasteiger partial charge is 0.497 e. The van der Waals surface area contributed by atoms with Gasteiger partial charge in [0.15, 0.2) is 6.54 Å². The van der Waals surface area contributed by atoms with Crippen LogP contribution in [0.25, 0.3) is 10.9 Å². The molecule has 5 nitrogen and oxygen atoms in total. The molecule has 1 saturated carbocycles. The zero-order valence-electron chi connectivity index (χ0n) is 16.3. The number of para-hydroxylation sites is 1. The number of aromatic nitrogens is 1. The summed E-state index contributed by atoms with van der Waals surface area (Å²) in [6, 6.07) is 17.1. The molecular formula is C23H28N3O2+. The lowest BCUT2D eigenvalue weighted by atomic mass is 10.1. The summed E-state index contributed by atoms with van der Waals surface area (Å²) in [4.78, 5) is 17.2. The molecule has 146 valence electrons. The van der Waals surface area contributed by atoms with Crippen molar-refractivity contribution >= 4 is 16.8 Å². The molecule has 0 saturated heterocycles. The highest BCUT2D eigenvalue weighted by Gasteiger charge is 2.34. The predicted molar refractivity (Wildman–Crippen MR) is 111 cm³/mol. The molecule has 0 radical (unpaired) electrons. The van der Waals surface area contributed by atoms with Crippen LogP contribution in [0.15, 0.2) is 54.7 Å². The van der Waals surface area contributed by atoms with Gasteiger partial charge >= 0.3 is 0 Å². The summed E-state index contributed by atoms with van der Waals surface area (Å²) in [7, 11) is 1.68. The summed E-state index contributed by atoms with van der Waals surface area (Å²) in [5.74, 6) is 1.00. The summed E-state index contributed by atoms with van der Waals surface area (Å²) in [6.07, 6.45) is 5.32. The molecule has 0 aliphatic heterocycles. The second-order valence-corrected chi connectivity index (χ2v) is 7.59. The Balaban J connectivity index is 1.28. The molecule has 1 unspecified atom stereocenters. The smallest absolute Gasteiger partial charge is 0.275 e. The van der Waals surface area contributed by atoms with Gasteiger partial charge in [0.25, 0.3) is 5.91 Å². The normalized spacial score (nSPS) is 14.8. The maximum atomic E-state index is 12.5. The van der Waals surface area contributed by atoms with E-state index in [9.17, 15) is 4.79 Å². The molecule has 1 aromatic heterocycles. The molecule has 1 heterocycles. The molecule has 1 aliphatic carbocycles. The number of rotatable bonds is 9. The Labute approximate surface area is 165 Å². The summed E-state index contributed by atoms with van der Waals surface area (Å²) < 4.78 is 5.23. The van der Waals surface area contributed by atoms with E-state index in [1.807, 2.05) is 30.5 Å². The van der Waals surface area contributed by atoms with Crippen molar-refractivity contribution in [3.63, 3.8) is 0 Å². The van der Waals surface area contributed by atoms with Crippen molar-refractivity contribution in [2.24, 2.45) is 0 Å². The van der Waals surface area contributed by atoms with E-state index in [1.165, 1.54) is 34.3 Å². The van der Waals surface area contributed by atoms with E-state index in [0.717, 1.165) is 24.2 Å². The number of aromatic amines is 1. The predicted octanol–water partition coefficient (Wildman–Crippen LogP) is 2.08. The summed E-state index contributed by atoms with van der Waals surface area (Å²) >= 11 is 0. The minimum Gasteiger partial charge on any atom is -0.497 e. The van der Waals surface area contributed by atoms with Gasteiger partial charge < -0.3 is 19.9 Å². The van der Waals surface area contributed by atoms with E-state index in [1.54, 1.807) is 7.11 Å². The third-order valence-corrected chi connectivity index (χ3v) is 5.52. The van der Waals surface area contributed by atoms with Crippen molar-refractivity contribution in [1.82, 2.24) is 10.3 Å². The SMILES string of the molecule is COc1ccc(C[NH+](CC(=O)NCCc2c[nH]c3ccccc23)C2CC2)cc1. The first-order valence-electron chi connectivity index (χ1n) is 10.0. The summed E-state index contributed by atoms with van der Waals surface area (Å²) in [5.41, 5.74) is 3.64. The van der Waals surface area contributed by atoms with E-state index in [-0.39, 0.29) is 5.91 Å². The van der Waals surface area contributed by atoms with Crippen molar-refractivity contribution in [1.29, 1.82) is 0 Å². The fraction of sp³-hybridized carbons (Fsp3) is 0.348. The number of ether oxygens (including phenoxy) is 1. The highest BCUT2D eigenvalue weighted by molar-refractivity contribution is 5.83. The monoisotopic (exact) mass is 378 g/mol. The van der Waals surface area contributed by atoms with Crippen molar-refractivity contribution in [2.75, 3.05) is 20.2 Å². The Kier molecular flexibility index (Phi) is 5.63. The number of hydrogen-bond donors (Lipinski definition) is 3. The van der Waals surface area contributed by atoms with Crippen LogP contribution in [-0.4, -0.2) is 37.1 Å². The van der Waals surface area contributed by atoms with Gasteiger partial charge in [-0.05, 0) is 42.3 Å². The zero-order chi connectivity index (χ0) is 19.3. The van der Waals surface area contributed by atoms with E-state index in [0.29, 0.717) is 19.1 Å². The average Bonchev–Trinajstić information content (AvgIpc) is 3.49. The topological polar surface area (TPSA) is 58.6 Å². The third kappa shape index (κ3) is 4.54. The van der Waals surface area contributed by atoms with Crippen LogP contribution >= 0.6 is 0 Å². The fourth-order valence-electron chi connectivity index (χ4n) is 3.79. The highest BCUT2D eigenvalue weighted by atomic mass is 16.5. The molecule has 1 amide bonds. The molecule has 1 aliphatic rings. The highest BCUT2D eigenvalue weighted by Crippen LogP contribution is 2.18. The van der Waals surface area contributed by atoms with Gasteiger partial charge in [0, 0.05) is 42.0 Å². The van der Waals surface area contributed by atoms with Gasteiger partial charge in [-0.2, -0.15) is 0 Å². The van der Waals surface area contributed by atoms with Crippen molar-refractivity contribution in [3.05, 3.63) is 65.9 Å². The lowest BCUT2D eigenvalue weighted by molar-refractivity contribution is -0.917. The molecule has 0 spiro atoms. The molecule has 4 rings (SSSR count). The molecule has 2 aromatic carbocycles. The number of H-pyrrole nitrogens is 1. The molecule has 3 N–H and O–H groups in total. The van der Waals surface area contributed by atoms with E-state index < -0.39 is 0 Å². The number of carbonyl (C=O) groups excluding carboxylic acids is 1. The van der Waals surface area contributed by atoms with Gasteiger partial charge in [-0.25, -0.2) is 0 Å². The maximum absolute atomic E-state index is 12.5. The number of benzene rings is 2. The average molecular weight is 378 g/mol. The van der Waals surface area contributed by atoms with E-state index >= 15 is 0 Å². The molecule has 3 aromatic rings. The van der Waals surface area contributed by atoms with Gasteiger partial charge in [-0.1, -0.05) is 18.2 Å². The molecule has 5 heteroatoms. The quantitative estimate of drug-likeness (QED) is 0.534. The van der Waals surface area contributed by atoms with Gasteiger partial charge in [-0.3, -0.25) is 4.79 Å². The molecular weight excluding hydrogens is 350 g/mol. The van der Waals surface area contributed by atoms with Gasteiger partial charge in [0.05, 0.1) is 13.2 Å². The minimum absolute atomic E-state index is 0.134. The number of quaternary nitrogens is 1. The fourth-order valence-corrected chi connectivity index (χ4v) is 3.79. The van der Waals surface area contributed by atoms with Crippen LogP contribution in [0.2, 0.25) is 0 Å². The maximum Gasteiger partial charge on any atom is 0.275 e. The molecule has 0 bridgehead atoms. The first kappa shape index (κ1) is 18.6. The minimum atomic E-state index is 0.134. The molecule has 1 fully saturated rings. The van der Waals surface area contributed by atoms with Crippen LogP contribution in [0.4, 0.5) is 0 Å². The Morgan fingerprint density at radius 1 is 1.18 bits per heavy atom. The van der Waals surface area contributed by atoms with E-state index in [2.05, 4.69) is 34.6 Å². The van der Waals surface area contributed by atoms with E-state index in [4.69, 9.17) is 4.74 Å². The van der Waals surface area contributed by atoms with Gasteiger partial charge in [-0.15, -0.1) is 0 Å². The number of carbonyl (C=O) groups is 1. The van der Waals surface area contributed by atoms with Crippen LogP contribution in [0.1, 0.15) is 24.0 Å². The van der Waals surface area contributed by atoms with Crippen LogP contribution < -0.4 is 15.0 Å². The number of methoxy groups -OCH3 is 1. The number of hydrogen-bond acceptors (Lipinski definition) is 2. The second kappa shape index (κ2) is 8.48. The Morgan fingerprint density at radius 3 is 2.71 bits per heavy atom. The first-order chi connectivity index (χ1) is 13.7. The third-order valence-electron chi connectivity index (χ3n) is 5.52. The van der Waals surface area contributed by atoms with Crippen molar-refractivity contribution < 1.29 is 14.4 Å². The summed E-state index contributed by atoms with van der Waals surface area (Å²) in [6.45, 7) is 2.08. The van der Waals surface area contributed by atoms with Crippen LogP contribution in [-0.2, 0) is 17.8 Å². The number of nitrogens with one attached hydrogen (secondary N) is 3. The first-order valence-corrected chi connectivity index (χ1v) is 10.0. The second-order valence-electron chi connectivity index (χ2n) is 7.59. The number of amides is 1. The zero-order valence-corrected chi connectivity index (χ0v) is 16.3. The Morgan fingerprint density at radius 2 is 1.96 bits per heavy atom. The lowest BCUT2D eigenvalue weighted by Crippen LogP contribution is -3.13. The Bertz CT molecular complexity index is 928. The van der Waals surface area contributed by atoms with Gasteiger partial charge in [0.2, 0.25) is 0 Å². The summed E-state index contributed by atoms with van der Waals surface area (Å²) in [5, 5.41) is 4.35. The molecule has 28 heavy (non-hydrogen) atoms. The van der Waals surface area contributed by atoms with Gasteiger partial charge in [0.1, 0.15) is 12.3 Å². The Hall–Kier alpha value is -2.79. The van der Waals surface area contributed by atoms with Crippen molar-refractivity contribution in [3.8, 4) is 5.75 Å². The van der Waals surface area contributed by atoms with Crippen LogP contribution in [0.5, 0.6) is 5.75 Å². The number of fused-ring (bicyclic) bond motifs is 1. The van der Waals surface area contributed by atoms with Crippen LogP contribution in [0.3, 0.4) is 0 Å². The standard InChI is InChI=1S/C23H27N3O2/c1-28-20-10-6-17(7-11-20)15-26(19-8-9-19)16-23(27)24-13-12-18-14-25-22-5-3-2-4-21(18)22/h2-7,10-11,14,19,25H,8-9,12-13,15-16H2,1H3,(H,24,27)/p+1. The lowest BCUT2D eigenvalue weighted by Gasteiger charge is -2.19. The van der Waals surface area contributed by atoms with Crippen LogP contribution in [0, 0.1) is 0 Å².